The number of hydrogen-bond donors (Lipinski definition) is 3. The third kappa shape index (κ3) is 6.14. The van der Waals surface area contributed by atoms with E-state index in [-0.39, 0.29) is 35.8 Å². The zero-order chi connectivity index (χ0) is 23.2. The maximum atomic E-state index is 12.8. The first-order valence-corrected chi connectivity index (χ1v) is 10.9. The molecule has 0 aromatic carbocycles. The maximum Gasteiger partial charge on any atom is 0.220 e. The average Bonchev–Trinajstić information content (AvgIpc) is 2.73. The summed E-state index contributed by atoms with van der Waals surface area (Å²) >= 11 is 0. The summed E-state index contributed by atoms with van der Waals surface area (Å²) in [7, 11) is 2.13. The van der Waals surface area contributed by atoms with Crippen LogP contribution >= 0.6 is 0 Å². The summed E-state index contributed by atoms with van der Waals surface area (Å²) < 4.78 is 0. The molecule has 7 heteroatoms. The predicted octanol–water partition coefficient (Wildman–Crippen LogP) is 3.37. The van der Waals surface area contributed by atoms with Gasteiger partial charge in [-0.3, -0.25) is 15.6 Å². The van der Waals surface area contributed by atoms with E-state index >= 15 is 0 Å². The van der Waals surface area contributed by atoms with Crippen molar-refractivity contribution in [3.63, 3.8) is 0 Å². The van der Waals surface area contributed by atoms with Gasteiger partial charge in [0.25, 0.3) is 0 Å². The molecule has 0 spiro atoms. The number of piperidine rings is 2. The van der Waals surface area contributed by atoms with Gasteiger partial charge in [-0.05, 0) is 62.9 Å². The smallest absolute Gasteiger partial charge is 0.220 e. The average molecular weight is 427 g/mol. The van der Waals surface area contributed by atoms with Crippen LogP contribution in [-0.2, 0) is 4.79 Å². The van der Waals surface area contributed by atoms with Crippen molar-refractivity contribution >= 4 is 17.3 Å². The van der Waals surface area contributed by atoms with Crippen LogP contribution in [0.3, 0.4) is 0 Å². The number of rotatable bonds is 4. The summed E-state index contributed by atoms with van der Waals surface area (Å²) in [5.74, 6) is 0.486. The van der Waals surface area contributed by atoms with Gasteiger partial charge in [-0.1, -0.05) is 13.8 Å². The Morgan fingerprint density at radius 2 is 1.94 bits per heavy atom. The van der Waals surface area contributed by atoms with Crippen molar-refractivity contribution in [2.75, 3.05) is 33.2 Å². The van der Waals surface area contributed by atoms with Crippen molar-refractivity contribution in [3.8, 4) is 6.07 Å². The molecule has 0 radical (unpaired) electrons. The van der Waals surface area contributed by atoms with Gasteiger partial charge in [0.05, 0.1) is 17.0 Å². The second-order valence-electron chi connectivity index (χ2n) is 9.30. The Balaban J connectivity index is 0.00000166. The van der Waals surface area contributed by atoms with Crippen LogP contribution in [-0.4, -0.2) is 66.4 Å². The van der Waals surface area contributed by atoms with E-state index < -0.39 is 0 Å². The van der Waals surface area contributed by atoms with E-state index in [9.17, 15) is 4.79 Å². The van der Waals surface area contributed by atoms with Gasteiger partial charge in [0, 0.05) is 27.0 Å². The molecule has 3 rings (SSSR count). The zero-order valence-electron chi connectivity index (χ0n) is 19.1. The van der Waals surface area contributed by atoms with E-state index in [1.165, 1.54) is 0 Å². The lowest BCUT2D eigenvalue weighted by Crippen LogP contribution is -2.52. The summed E-state index contributed by atoms with van der Waals surface area (Å²) in [6.07, 6.45) is 6.94. The number of carbonyl (C=O) groups excluding carboxylic acids is 1. The molecular formula is C24H38N6O. The Labute approximate surface area is 188 Å². The molecule has 2 saturated heterocycles. The second kappa shape index (κ2) is 10.5. The maximum absolute atomic E-state index is 12.8. The van der Waals surface area contributed by atoms with Crippen molar-refractivity contribution in [2.45, 2.75) is 45.6 Å². The molecule has 2 heterocycles. The molecular weight excluding hydrogens is 388 g/mol. The lowest BCUT2D eigenvalue weighted by molar-refractivity contribution is -0.125. The van der Waals surface area contributed by atoms with Crippen molar-refractivity contribution < 1.29 is 6.22 Å². The van der Waals surface area contributed by atoms with Crippen LogP contribution in [0.2, 0.25) is 0 Å². The van der Waals surface area contributed by atoms with Crippen molar-refractivity contribution in [1.29, 1.82) is 16.1 Å². The summed E-state index contributed by atoms with van der Waals surface area (Å²) in [5, 5.41) is 28.6. The highest BCUT2D eigenvalue weighted by atomic mass is 16.1. The van der Waals surface area contributed by atoms with Crippen LogP contribution in [0.15, 0.2) is 36.6 Å². The van der Waals surface area contributed by atoms with Gasteiger partial charge < -0.3 is 15.1 Å². The molecule has 0 aromatic heterocycles. The molecule has 0 aromatic rings. The highest BCUT2D eigenvalue weighted by Crippen LogP contribution is 2.34. The SMILES string of the molecule is C=C.C[C@H]1C[C@@H](NC(=O)CC2(C)CCN(C)CC2)CN(C2=CC=C(C#N)C(=N)C2=N)C1.[HH]. The zero-order valence-corrected chi connectivity index (χ0v) is 19.1. The van der Waals surface area contributed by atoms with E-state index in [4.69, 9.17) is 16.1 Å². The minimum absolute atomic E-state index is 0. The topological polar surface area (TPSA) is 107 Å². The Kier molecular flexibility index (Phi) is 8.35. The Morgan fingerprint density at radius 1 is 1.29 bits per heavy atom. The molecule has 31 heavy (non-hydrogen) atoms. The van der Waals surface area contributed by atoms with E-state index in [0.29, 0.717) is 24.6 Å². The minimum Gasteiger partial charge on any atom is -0.367 e. The number of allylic oxidation sites excluding steroid dienone is 4. The molecule has 1 aliphatic carbocycles. The van der Waals surface area contributed by atoms with Crippen LogP contribution in [0.4, 0.5) is 0 Å². The second-order valence-corrected chi connectivity index (χ2v) is 9.30. The minimum atomic E-state index is -0.0287. The van der Waals surface area contributed by atoms with E-state index in [1.807, 2.05) is 6.07 Å². The number of nitrogens with one attached hydrogen (secondary N) is 3. The van der Waals surface area contributed by atoms with Crippen molar-refractivity contribution in [2.24, 2.45) is 11.3 Å². The molecule has 7 nitrogen and oxygen atoms in total. The van der Waals surface area contributed by atoms with E-state index in [0.717, 1.165) is 38.9 Å². The fourth-order valence-corrected chi connectivity index (χ4v) is 4.60. The standard InChI is InChI=1S/C22H32N6O.C2H4.H2/c1-15-10-17(26-19(29)11-22(2)6-8-27(3)9-7-22)14-28(13-15)18-5-4-16(12-23)20(24)21(18)25;1-2;/h4-5,15,17,24-25H,6-11,13-14H2,1-3H3,(H,26,29);1-2H2;1H/t15-,17+;;/m0../s1. The molecule has 170 valence electrons. The molecule has 0 bridgehead atoms. The molecule has 2 fully saturated rings. The number of nitriles is 1. The fraction of sp³-hybridized carbons (Fsp3) is 0.583. The molecule has 3 N–H and O–H groups in total. The number of hydrogen-bond acceptors (Lipinski definition) is 6. The first-order valence-electron chi connectivity index (χ1n) is 10.9. The number of carbonyl (C=O) groups is 1. The fourth-order valence-electron chi connectivity index (χ4n) is 4.60. The van der Waals surface area contributed by atoms with Gasteiger partial charge in [-0.15, -0.1) is 13.2 Å². The van der Waals surface area contributed by atoms with Gasteiger partial charge in [-0.25, -0.2) is 0 Å². The Morgan fingerprint density at radius 3 is 2.55 bits per heavy atom. The van der Waals surface area contributed by atoms with Crippen molar-refractivity contribution in [1.82, 2.24) is 15.1 Å². The monoisotopic (exact) mass is 426 g/mol. The first kappa shape index (κ1) is 24.5. The quantitative estimate of drug-likeness (QED) is 0.473. The van der Waals surface area contributed by atoms with Gasteiger partial charge in [0.15, 0.2) is 0 Å². The largest absolute Gasteiger partial charge is 0.367 e. The third-order valence-corrected chi connectivity index (χ3v) is 6.45. The van der Waals surface area contributed by atoms with Crippen LogP contribution in [0, 0.1) is 33.5 Å². The van der Waals surface area contributed by atoms with E-state index in [1.54, 1.807) is 12.2 Å². The summed E-state index contributed by atoms with van der Waals surface area (Å²) in [6, 6.07) is 2.00. The summed E-state index contributed by atoms with van der Waals surface area (Å²) in [5.41, 5.74) is 1.02. The van der Waals surface area contributed by atoms with Crippen LogP contribution in [0.1, 0.15) is 41.0 Å². The first-order chi connectivity index (χ1) is 14.7. The number of nitrogens with zero attached hydrogens (tertiary/aromatic N) is 3. The van der Waals surface area contributed by atoms with Gasteiger partial charge >= 0.3 is 0 Å². The Bertz CT molecular complexity index is 819. The van der Waals surface area contributed by atoms with Crippen LogP contribution < -0.4 is 5.32 Å². The molecule has 2 atom stereocenters. The molecule has 3 aliphatic rings. The molecule has 2 aliphatic heterocycles. The number of amides is 1. The normalized spacial score (nSPS) is 26.1. The molecule has 0 unspecified atom stereocenters. The van der Waals surface area contributed by atoms with Gasteiger partial charge in [0.1, 0.15) is 11.8 Å². The number of likely N-dealkylation sites (tertiary alicyclic amines) is 2. The highest BCUT2D eigenvalue weighted by molar-refractivity contribution is 6.52. The van der Waals surface area contributed by atoms with Crippen LogP contribution in [0.5, 0.6) is 0 Å². The Hall–Kier alpha value is -2.72. The summed E-state index contributed by atoms with van der Waals surface area (Å²) in [4.78, 5) is 17.2. The predicted molar refractivity (Wildman–Crippen MR) is 127 cm³/mol. The van der Waals surface area contributed by atoms with Gasteiger partial charge in [-0.2, -0.15) is 5.26 Å². The third-order valence-electron chi connectivity index (χ3n) is 6.45. The lowest BCUT2D eigenvalue weighted by Gasteiger charge is -2.41. The van der Waals surface area contributed by atoms with E-state index in [2.05, 4.69) is 49.2 Å². The van der Waals surface area contributed by atoms with Gasteiger partial charge in [0.2, 0.25) is 5.91 Å². The summed E-state index contributed by atoms with van der Waals surface area (Å²) in [6.45, 7) is 13.9. The van der Waals surface area contributed by atoms with Crippen molar-refractivity contribution in [3.05, 3.63) is 36.6 Å². The lowest BCUT2D eigenvalue weighted by atomic mass is 9.77. The molecule has 1 amide bonds. The van der Waals surface area contributed by atoms with Crippen LogP contribution in [0.25, 0.3) is 0 Å². The molecule has 0 saturated carbocycles. The highest BCUT2D eigenvalue weighted by Gasteiger charge is 2.34.